The molecule has 1 aromatic rings. The van der Waals surface area contributed by atoms with Crippen molar-refractivity contribution in [3.63, 3.8) is 0 Å². The summed E-state index contributed by atoms with van der Waals surface area (Å²) in [7, 11) is 0. The van der Waals surface area contributed by atoms with Crippen LogP contribution in [0, 0.1) is 5.41 Å². The zero-order chi connectivity index (χ0) is 32.6. The number of amides is 3. The van der Waals surface area contributed by atoms with Gasteiger partial charge in [-0.2, -0.15) is 0 Å². The number of rotatable bonds is 25. The molecule has 0 radical (unpaired) electrons. The van der Waals surface area contributed by atoms with E-state index in [9.17, 15) is 19.2 Å². The van der Waals surface area contributed by atoms with Gasteiger partial charge >= 0.3 is 12.2 Å². The second-order valence-corrected chi connectivity index (χ2v) is 12.4. The predicted molar refractivity (Wildman–Crippen MR) is 176 cm³/mol. The van der Waals surface area contributed by atoms with Crippen LogP contribution in [0.3, 0.4) is 0 Å². The molecule has 3 amide bonds. The molecule has 0 aromatic carbocycles. The first-order chi connectivity index (χ1) is 21.9. The van der Waals surface area contributed by atoms with Crippen molar-refractivity contribution in [1.82, 2.24) is 20.5 Å². The van der Waals surface area contributed by atoms with Gasteiger partial charge in [0.05, 0.1) is 17.7 Å². The minimum atomic E-state index is -0.892. The van der Waals surface area contributed by atoms with Crippen molar-refractivity contribution in [2.45, 2.75) is 130 Å². The molecule has 1 aromatic heterocycles. The van der Waals surface area contributed by atoms with Crippen molar-refractivity contribution >= 4 is 23.9 Å². The lowest BCUT2D eigenvalue weighted by Crippen LogP contribution is -2.61. The van der Waals surface area contributed by atoms with Crippen LogP contribution in [0.1, 0.15) is 129 Å². The van der Waals surface area contributed by atoms with Gasteiger partial charge in [0.1, 0.15) is 19.0 Å². The first-order valence-electron chi connectivity index (χ1n) is 17.4. The fourth-order valence-corrected chi connectivity index (χ4v) is 5.46. The van der Waals surface area contributed by atoms with Crippen molar-refractivity contribution in [2.75, 3.05) is 32.8 Å². The summed E-state index contributed by atoms with van der Waals surface area (Å²) < 4.78 is 10.6. The molecule has 2 heterocycles. The van der Waals surface area contributed by atoms with Crippen LogP contribution in [0.5, 0.6) is 0 Å². The fourth-order valence-electron chi connectivity index (χ4n) is 5.46. The maximum absolute atomic E-state index is 12.9. The molecule has 2 N–H and O–H groups in total. The van der Waals surface area contributed by atoms with Gasteiger partial charge in [-0.25, -0.2) is 14.5 Å². The van der Waals surface area contributed by atoms with Gasteiger partial charge in [-0.3, -0.25) is 14.6 Å². The Morgan fingerprint density at radius 1 is 0.844 bits per heavy atom. The van der Waals surface area contributed by atoms with E-state index in [4.69, 9.17) is 9.47 Å². The molecule has 1 fully saturated rings. The van der Waals surface area contributed by atoms with E-state index >= 15 is 0 Å². The van der Waals surface area contributed by atoms with Crippen molar-refractivity contribution in [2.24, 2.45) is 5.41 Å². The van der Waals surface area contributed by atoms with Gasteiger partial charge in [-0.05, 0) is 18.6 Å². The number of aromatic nitrogens is 1. The number of imide groups is 1. The minimum absolute atomic E-state index is 0.0173. The maximum Gasteiger partial charge on any atom is 0.416 e. The largest absolute Gasteiger partial charge is 0.449 e. The van der Waals surface area contributed by atoms with Crippen LogP contribution in [0.25, 0.3) is 0 Å². The molecule has 0 spiro atoms. The summed E-state index contributed by atoms with van der Waals surface area (Å²) in [6.07, 6.45) is 21.1. The Bertz CT molecular complexity index is 986. The van der Waals surface area contributed by atoms with E-state index < -0.39 is 23.5 Å². The number of unbranched alkanes of at least 4 members (excludes halogenated alkanes) is 15. The van der Waals surface area contributed by atoms with E-state index in [0.717, 1.165) is 17.7 Å². The summed E-state index contributed by atoms with van der Waals surface area (Å²) in [4.78, 5) is 54.8. The van der Waals surface area contributed by atoms with Crippen LogP contribution in [0.4, 0.5) is 9.59 Å². The highest BCUT2D eigenvalue weighted by molar-refractivity contribution is 5.91. The molecule has 0 saturated carbocycles. The number of hydrogen-bond donors (Lipinski definition) is 2. The number of nitrogens with zero attached hydrogens (tertiary/aromatic N) is 2. The molecule has 0 bridgehead atoms. The van der Waals surface area contributed by atoms with Crippen LogP contribution in [-0.4, -0.2) is 66.6 Å². The van der Waals surface area contributed by atoms with Crippen LogP contribution < -0.4 is 10.6 Å². The molecule has 2 rings (SSSR count). The molecule has 45 heavy (non-hydrogen) atoms. The first-order valence-corrected chi connectivity index (χ1v) is 17.4. The van der Waals surface area contributed by atoms with Gasteiger partial charge in [-0.1, -0.05) is 109 Å². The molecular formula is C35H58N4O6. The number of ether oxygens (including phenoxy) is 2. The molecule has 1 saturated heterocycles. The molecule has 10 nitrogen and oxygen atoms in total. The number of alkyl carbamates (subject to hydrolysis) is 1. The molecule has 0 atom stereocenters. The fraction of sp³-hybridized carbons (Fsp3) is 0.743. The Balaban J connectivity index is 1.47. The first kappa shape index (κ1) is 38.2. The van der Waals surface area contributed by atoms with Crippen molar-refractivity contribution < 1.29 is 28.7 Å². The van der Waals surface area contributed by atoms with E-state index in [-0.39, 0.29) is 32.0 Å². The lowest BCUT2D eigenvalue weighted by Gasteiger charge is -2.40. The normalized spacial score (nSPS) is 13.5. The van der Waals surface area contributed by atoms with E-state index in [2.05, 4.69) is 22.5 Å². The second-order valence-electron chi connectivity index (χ2n) is 12.4. The smallest absolute Gasteiger partial charge is 0.416 e. The summed E-state index contributed by atoms with van der Waals surface area (Å²) in [5.74, 6) is -0.629. The molecule has 1 aliphatic rings. The average Bonchev–Trinajstić information content (AvgIpc) is 3.01. The maximum atomic E-state index is 12.9. The van der Waals surface area contributed by atoms with Crippen molar-refractivity contribution in [1.29, 1.82) is 0 Å². The third kappa shape index (κ3) is 16.2. The van der Waals surface area contributed by atoms with Crippen LogP contribution in [0.2, 0.25) is 0 Å². The number of hydrogen-bond acceptors (Lipinski definition) is 8. The molecule has 10 heteroatoms. The third-order valence-corrected chi connectivity index (χ3v) is 8.50. The zero-order valence-electron chi connectivity index (χ0n) is 27.9. The summed E-state index contributed by atoms with van der Waals surface area (Å²) in [6.45, 7) is 4.58. The van der Waals surface area contributed by atoms with Crippen molar-refractivity contribution in [3.05, 3.63) is 30.1 Å². The highest BCUT2D eigenvalue weighted by Crippen LogP contribution is 2.26. The monoisotopic (exact) mass is 630 g/mol. The Morgan fingerprint density at radius 3 is 1.91 bits per heavy atom. The summed E-state index contributed by atoms with van der Waals surface area (Å²) in [6, 6.07) is 5.22. The topological polar surface area (TPSA) is 127 Å². The number of carbonyl (C=O) groups is 4. The van der Waals surface area contributed by atoms with E-state index in [1.165, 1.54) is 96.8 Å². The number of pyridine rings is 1. The van der Waals surface area contributed by atoms with E-state index in [1.807, 2.05) is 0 Å². The summed E-state index contributed by atoms with van der Waals surface area (Å²) in [5.41, 5.74) is -0.345. The highest BCUT2D eigenvalue weighted by atomic mass is 16.6. The average molecular weight is 631 g/mol. The van der Waals surface area contributed by atoms with Gasteiger partial charge in [-0.15, -0.1) is 0 Å². The number of Topliss-reactive ketones (excluding diaryl/α,β-unsaturated/α-hetero) is 1. The Hall–Kier alpha value is -3.01. The second kappa shape index (κ2) is 23.3. The van der Waals surface area contributed by atoms with Gasteiger partial charge in [0, 0.05) is 39.2 Å². The zero-order valence-corrected chi connectivity index (χ0v) is 27.9. The quantitative estimate of drug-likeness (QED) is 0.110. The SMILES string of the molecule is CCCCCCCCCCCCCCCCCCNC(=O)OCCC(=O)C1(COC(=O)N(Cc2ccccn2)C(C)=O)CNC1. The molecule has 254 valence electrons. The van der Waals surface area contributed by atoms with E-state index in [0.29, 0.717) is 25.3 Å². The Morgan fingerprint density at radius 2 is 1.42 bits per heavy atom. The number of carbonyl (C=O) groups excluding carboxylic acids is 4. The Kier molecular flexibility index (Phi) is 19.8. The summed E-state index contributed by atoms with van der Waals surface area (Å²) >= 11 is 0. The van der Waals surface area contributed by atoms with E-state index in [1.54, 1.807) is 24.4 Å². The van der Waals surface area contributed by atoms with Crippen LogP contribution in [0.15, 0.2) is 24.4 Å². The lowest BCUT2D eigenvalue weighted by atomic mass is 9.77. The molecule has 1 aliphatic heterocycles. The lowest BCUT2D eigenvalue weighted by molar-refractivity contribution is -0.136. The van der Waals surface area contributed by atoms with Crippen molar-refractivity contribution in [3.8, 4) is 0 Å². The van der Waals surface area contributed by atoms with Gasteiger partial charge < -0.3 is 20.1 Å². The number of ketones is 1. The van der Waals surface area contributed by atoms with Gasteiger partial charge in [0.25, 0.3) is 0 Å². The Labute approximate surface area is 270 Å². The predicted octanol–water partition coefficient (Wildman–Crippen LogP) is 7.10. The van der Waals surface area contributed by atoms with Gasteiger partial charge in [0.15, 0.2) is 0 Å². The highest BCUT2D eigenvalue weighted by Gasteiger charge is 2.45. The number of nitrogens with one attached hydrogen (secondary N) is 2. The van der Waals surface area contributed by atoms with Crippen LogP contribution >= 0.6 is 0 Å². The minimum Gasteiger partial charge on any atom is -0.449 e. The van der Waals surface area contributed by atoms with Gasteiger partial charge in [0.2, 0.25) is 5.91 Å². The molecular weight excluding hydrogens is 572 g/mol. The van der Waals surface area contributed by atoms with Crippen LogP contribution in [-0.2, 0) is 25.6 Å². The molecule has 0 unspecified atom stereocenters. The standard InChI is InChI=1S/C35H58N4O6/c1-3-4-5-6-7-8-9-10-11-12-13-14-15-16-17-19-24-38-33(42)44-25-22-32(41)35(27-36-28-35)29-45-34(43)39(30(2)40)26-31-21-18-20-23-37-31/h18,20-21,23,36H,3-17,19,22,24-29H2,1-2H3,(H,38,42). The summed E-state index contributed by atoms with van der Waals surface area (Å²) in [5, 5.41) is 5.81. The molecule has 0 aliphatic carbocycles. The third-order valence-electron chi connectivity index (χ3n) is 8.50.